The van der Waals surface area contributed by atoms with Crippen LogP contribution in [0, 0.1) is 0 Å². The lowest BCUT2D eigenvalue weighted by atomic mass is 10.00. The van der Waals surface area contributed by atoms with Gasteiger partial charge in [-0.3, -0.25) is 4.79 Å². The van der Waals surface area contributed by atoms with Gasteiger partial charge in [-0.1, -0.05) is 12.1 Å². The van der Waals surface area contributed by atoms with E-state index >= 15 is 0 Å². The van der Waals surface area contributed by atoms with E-state index in [1.165, 1.54) is 12.1 Å². The van der Waals surface area contributed by atoms with Crippen molar-refractivity contribution in [2.75, 3.05) is 6.61 Å². The van der Waals surface area contributed by atoms with Crippen LogP contribution in [0.15, 0.2) is 24.3 Å². The molecule has 21 heavy (non-hydrogen) atoms. The summed E-state index contributed by atoms with van der Waals surface area (Å²) < 4.78 is 42.8. The number of alkyl halides is 3. The predicted molar refractivity (Wildman–Crippen MR) is 73.0 cm³/mol. The van der Waals surface area contributed by atoms with Gasteiger partial charge in [0.25, 0.3) is 0 Å². The smallest absolute Gasteiger partial charge is 0.378 e. The molecule has 5 heteroatoms. The third-order valence-corrected chi connectivity index (χ3v) is 3.70. The average Bonchev–Trinajstić information content (AvgIpc) is 2.46. The molecule has 1 atom stereocenters. The molecule has 116 valence electrons. The van der Waals surface area contributed by atoms with Crippen molar-refractivity contribution in [1.29, 1.82) is 0 Å². The second kappa shape index (κ2) is 7.07. The van der Waals surface area contributed by atoms with E-state index in [4.69, 9.17) is 4.74 Å². The van der Waals surface area contributed by atoms with E-state index in [0.29, 0.717) is 18.4 Å². The number of hydrogen-bond acceptors (Lipinski definition) is 2. The Morgan fingerprint density at radius 2 is 1.90 bits per heavy atom. The van der Waals surface area contributed by atoms with Crippen molar-refractivity contribution in [3.63, 3.8) is 0 Å². The second-order valence-electron chi connectivity index (χ2n) is 5.44. The van der Waals surface area contributed by atoms with Crippen LogP contribution in [0.25, 0.3) is 0 Å². The molecule has 2 rings (SSSR count). The Balaban J connectivity index is 1.79. The summed E-state index contributed by atoms with van der Waals surface area (Å²) >= 11 is 0. The van der Waals surface area contributed by atoms with Gasteiger partial charge in [0.15, 0.2) is 0 Å². The lowest BCUT2D eigenvalue weighted by Crippen LogP contribution is -2.20. The summed E-state index contributed by atoms with van der Waals surface area (Å²) in [6.45, 7) is 0.762. The Hall–Kier alpha value is -1.36. The number of halogens is 3. The summed E-state index contributed by atoms with van der Waals surface area (Å²) in [7, 11) is 0. The van der Waals surface area contributed by atoms with E-state index in [1.54, 1.807) is 0 Å². The molecule has 0 saturated carbocycles. The third kappa shape index (κ3) is 5.16. The lowest BCUT2D eigenvalue weighted by molar-refractivity contribution is -0.137. The van der Waals surface area contributed by atoms with Crippen LogP contribution < -0.4 is 0 Å². The molecule has 0 amide bonds. The molecule has 1 aromatic carbocycles. The molecule has 0 spiro atoms. The highest BCUT2D eigenvalue weighted by Crippen LogP contribution is 2.29. The van der Waals surface area contributed by atoms with Crippen LogP contribution in [0.5, 0.6) is 0 Å². The lowest BCUT2D eigenvalue weighted by Gasteiger charge is -2.22. The number of hydrogen-bond donors (Lipinski definition) is 0. The summed E-state index contributed by atoms with van der Waals surface area (Å²) in [4.78, 5) is 11.9. The molecule has 1 heterocycles. The Kier molecular flexibility index (Phi) is 5.39. The van der Waals surface area contributed by atoms with Crippen LogP contribution in [0.3, 0.4) is 0 Å². The molecule has 1 aromatic rings. The quantitative estimate of drug-likeness (QED) is 0.816. The SMILES string of the molecule is O=C(CCC1CCCCO1)Cc1ccc(C(F)(F)F)cc1. The van der Waals surface area contributed by atoms with Gasteiger partial charge in [0.2, 0.25) is 0 Å². The molecule has 0 bridgehead atoms. The van der Waals surface area contributed by atoms with Gasteiger partial charge in [-0.05, 0) is 43.4 Å². The third-order valence-electron chi connectivity index (χ3n) is 3.70. The van der Waals surface area contributed by atoms with E-state index < -0.39 is 11.7 Å². The Labute approximate surface area is 122 Å². The van der Waals surface area contributed by atoms with Gasteiger partial charge in [0.05, 0.1) is 11.7 Å². The van der Waals surface area contributed by atoms with Crippen LogP contribution in [0.2, 0.25) is 0 Å². The van der Waals surface area contributed by atoms with Crippen molar-refractivity contribution in [3.8, 4) is 0 Å². The molecular weight excluding hydrogens is 281 g/mol. The molecule has 1 unspecified atom stereocenters. The first kappa shape index (κ1) is 16.0. The van der Waals surface area contributed by atoms with Crippen molar-refractivity contribution in [2.45, 2.75) is 50.8 Å². The van der Waals surface area contributed by atoms with Crippen molar-refractivity contribution in [1.82, 2.24) is 0 Å². The molecule has 0 aromatic heterocycles. The van der Waals surface area contributed by atoms with E-state index in [0.717, 1.165) is 38.0 Å². The number of ether oxygens (including phenoxy) is 1. The first-order valence-corrected chi connectivity index (χ1v) is 7.24. The molecule has 0 radical (unpaired) electrons. The summed E-state index contributed by atoms with van der Waals surface area (Å²) in [6, 6.07) is 4.79. The van der Waals surface area contributed by atoms with Crippen molar-refractivity contribution >= 4 is 5.78 Å². The predicted octanol–water partition coefficient (Wildman–Crippen LogP) is 4.17. The standard InChI is InChI=1S/C16H19F3O2/c17-16(18,19)13-6-4-12(5-7-13)11-14(20)8-9-15-3-1-2-10-21-15/h4-7,15H,1-3,8-11H2. The Bertz CT molecular complexity index is 459. The van der Waals surface area contributed by atoms with Crippen LogP contribution in [0.1, 0.15) is 43.2 Å². The zero-order chi connectivity index (χ0) is 15.3. The van der Waals surface area contributed by atoms with E-state index in [9.17, 15) is 18.0 Å². The van der Waals surface area contributed by atoms with Crippen LogP contribution in [-0.2, 0) is 22.1 Å². The Morgan fingerprint density at radius 1 is 1.19 bits per heavy atom. The largest absolute Gasteiger partial charge is 0.416 e. The summed E-state index contributed by atoms with van der Waals surface area (Å²) in [6.07, 6.45) is 0.355. The maximum atomic E-state index is 12.4. The van der Waals surface area contributed by atoms with Gasteiger partial charge < -0.3 is 4.74 Å². The highest BCUT2D eigenvalue weighted by molar-refractivity contribution is 5.80. The number of ketones is 1. The number of benzene rings is 1. The first-order chi connectivity index (χ1) is 9.95. The molecule has 1 saturated heterocycles. The van der Waals surface area contributed by atoms with E-state index in [1.807, 2.05) is 0 Å². The van der Waals surface area contributed by atoms with Crippen LogP contribution in [0.4, 0.5) is 13.2 Å². The van der Waals surface area contributed by atoms with Crippen molar-refractivity contribution in [3.05, 3.63) is 35.4 Å². The molecule has 0 aliphatic carbocycles. The summed E-state index contributed by atoms with van der Waals surface area (Å²) in [5.74, 6) is 0.0453. The number of carbonyl (C=O) groups excluding carboxylic acids is 1. The molecule has 2 nitrogen and oxygen atoms in total. The maximum absolute atomic E-state index is 12.4. The van der Waals surface area contributed by atoms with Crippen LogP contribution >= 0.6 is 0 Å². The number of Topliss-reactive ketones (excluding diaryl/α,β-unsaturated/α-hetero) is 1. The minimum absolute atomic E-state index is 0.0453. The fourth-order valence-corrected chi connectivity index (χ4v) is 2.48. The maximum Gasteiger partial charge on any atom is 0.416 e. The Morgan fingerprint density at radius 3 is 2.48 bits per heavy atom. The highest BCUT2D eigenvalue weighted by atomic mass is 19.4. The zero-order valence-electron chi connectivity index (χ0n) is 11.8. The number of rotatable bonds is 5. The molecule has 1 aliphatic heterocycles. The fraction of sp³-hybridized carbons (Fsp3) is 0.562. The first-order valence-electron chi connectivity index (χ1n) is 7.24. The van der Waals surface area contributed by atoms with Gasteiger partial charge in [0.1, 0.15) is 5.78 Å². The van der Waals surface area contributed by atoms with Gasteiger partial charge >= 0.3 is 6.18 Å². The van der Waals surface area contributed by atoms with Crippen molar-refractivity contribution < 1.29 is 22.7 Å². The molecule has 1 aliphatic rings. The van der Waals surface area contributed by atoms with Crippen molar-refractivity contribution in [2.24, 2.45) is 0 Å². The molecule has 0 N–H and O–H groups in total. The average molecular weight is 300 g/mol. The van der Waals surface area contributed by atoms with Crippen LogP contribution in [-0.4, -0.2) is 18.5 Å². The minimum Gasteiger partial charge on any atom is -0.378 e. The van der Waals surface area contributed by atoms with E-state index in [2.05, 4.69) is 0 Å². The summed E-state index contributed by atoms with van der Waals surface area (Å²) in [5, 5.41) is 0. The minimum atomic E-state index is -4.33. The van der Waals surface area contributed by atoms with Gasteiger partial charge in [-0.25, -0.2) is 0 Å². The normalized spacial score (nSPS) is 19.5. The van der Waals surface area contributed by atoms with Gasteiger partial charge in [-0.15, -0.1) is 0 Å². The second-order valence-corrected chi connectivity index (χ2v) is 5.44. The van der Waals surface area contributed by atoms with Gasteiger partial charge in [0, 0.05) is 19.4 Å². The van der Waals surface area contributed by atoms with E-state index in [-0.39, 0.29) is 18.3 Å². The summed E-state index contributed by atoms with van der Waals surface area (Å²) in [5.41, 5.74) is -0.0631. The monoisotopic (exact) mass is 300 g/mol. The topological polar surface area (TPSA) is 26.3 Å². The fourth-order valence-electron chi connectivity index (χ4n) is 2.48. The highest BCUT2D eigenvalue weighted by Gasteiger charge is 2.29. The molecular formula is C16H19F3O2. The number of carbonyl (C=O) groups is 1. The van der Waals surface area contributed by atoms with Gasteiger partial charge in [-0.2, -0.15) is 13.2 Å². The zero-order valence-corrected chi connectivity index (χ0v) is 11.8. The molecule has 1 fully saturated rings.